The maximum Gasteiger partial charge on any atom is 0.251 e. The minimum absolute atomic E-state index is 0.0708. The van der Waals surface area contributed by atoms with Crippen LogP contribution in [0.25, 0.3) is 5.69 Å². The topological polar surface area (TPSA) is 75.9 Å². The molecule has 2 aromatic carbocycles. The number of fused-ring (bicyclic) bond motifs is 1. The summed E-state index contributed by atoms with van der Waals surface area (Å²) in [5.41, 5.74) is 4.12. The zero-order valence-corrected chi connectivity index (χ0v) is 14.4. The highest BCUT2D eigenvalue weighted by Crippen LogP contribution is 2.25. The predicted octanol–water partition coefficient (Wildman–Crippen LogP) is 1.84. The molecule has 4 rings (SSSR count). The lowest BCUT2D eigenvalue weighted by atomic mass is 10.0. The third-order valence-corrected chi connectivity index (χ3v) is 4.62. The number of carbonyl (C=O) groups excluding carboxylic acids is 1. The number of para-hydroxylation sites is 1. The zero-order chi connectivity index (χ0) is 17.8. The molecule has 1 aromatic heterocycles. The van der Waals surface area contributed by atoms with Gasteiger partial charge < -0.3 is 10.2 Å². The quantitative estimate of drug-likeness (QED) is 0.761. The molecule has 0 spiro atoms. The molecule has 1 amide bonds. The van der Waals surface area contributed by atoms with Crippen molar-refractivity contribution < 1.29 is 4.79 Å². The van der Waals surface area contributed by atoms with Gasteiger partial charge in [0.1, 0.15) is 6.33 Å². The van der Waals surface area contributed by atoms with Crippen LogP contribution in [-0.4, -0.2) is 45.7 Å². The molecule has 0 saturated heterocycles. The van der Waals surface area contributed by atoms with Gasteiger partial charge in [-0.2, -0.15) is 0 Å². The van der Waals surface area contributed by atoms with Crippen LogP contribution in [0.2, 0.25) is 0 Å². The van der Waals surface area contributed by atoms with Gasteiger partial charge in [-0.25, -0.2) is 4.68 Å². The zero-order valence-electron chi connectivity index (χ0n) is 14.4. The van der Waals surface area contributed by atoms with Crippen LogP contribution in [0.5, 0.6) is 0 Å². The fraction of sp³-hybridized carbons (Fsp3) is 0.263. The summed E-state index contributed by atoms with van der Waals surface area (Å²) >= 11 is 0. The number of aryl methyl sites for hydroxylation is 1. The van der Waals surface area contributed by atoms with Crippen molar-refractivity contribution in [2.75, 3.05) is 24.5 Å². The first kappa shape index (κ1) is 16.3. The smallest absolute Gasteiger partial charge is 0.251 e. The van der Waals surface area contributed by atoms with Gasteiger partial charge >= 0.3 is 0 Å². The predicted molar refractivity (Wildman–Crippen MR) is 98.5 cm³/mol. The normalized spacial score (nSPS) is 13.3. The number of nitrogens with one attached hydrogen (secondary N) is 1. The molecule has 0 bridgehead atoms. The number of hydrogen-bond acceptors (Lipinski definition) is 5. The first-order valence-corrected chi connectivity index (χ1v) is 8.76. The van der Waals surface area contributed by atoms with Crippen LogP contribution in [0.15, 0.2) is 54.9 Å². The first-order valence-electron chi connectivity index (χ1n) is 8.76. The number of aromatic nitrogens is 4. The van der Waals surface area contributed by atoms with Crippen molar-refractivity contribution in [1.29, 1.82) is 0 Å². The summed E-state index contributed by atoms with van der Waals surface area (Å²) in [6.45, 7) is 2.46. The molecule has 0 saturated carbocycles. The van der Waals surface area contributed by atoms with Gasteiger partial charge in [0, 0.05) is 30.9 Å². The summed E-state index contributed by atoms with van der Waals surface area (Å²) in [6.07, 6.45) is 3.81. The molecular weight excluding hydrogens is 328 g/mol. The molecule has 1 N–H and O–H groups in total. The van der Waals surface area contributed by atoms with Crippen LogP contribution in [0.1, 0.15) is 22.3 Å². The van der Waals surface area contributed by atoms with Crippen LogP contribution in [-0.2, 0) is 6.42 Å². The maximum atomic E-state index is 12.4. The first-order chi connectivity index (χ1) is 12.8. The van der Waals surface area contributed by atoms with Gasteiger partial charge in [-0.15, -0.1) is 5.10 Å². The van der Waals surface area contributed by atoms with E-state index >= 15 is 0 Å². The summed E-state index contributed by atoms with van der Waals surface area (Å²) in [5, 5.41) is 14.0. The molecule has 0 radical (unpaired) electrons. The minimum Gasteiger partial charge on any atom is -0.370 e. The van der Waals surface area contributed by atoms with Crippen molar-refractivity contribution >= 4 is 11.6 Å². The number of nitrogens with zero attached hydrogens (tertiary/aromatic N) is 5. The molecule has 2 heterocycles. The van der Waals surface area contributed by atoms with Crippen molar-refractivity contribution in [2.24, 2.45) is 0 Å². The molecule has 0 aliphatic carbocycles. The van der Waals surface area contributed by atoms with Gasteiger partial charge in [0.25, 0.3) is 5.91 Å². The second-order valence-electron chi connectivity index (χ2n) is 6.28. The molecule has 0 atom stereocenters. The Hall–Kier alpha value is -3.22. The Morgan fingerprint density at radius 2 is 1.96 bits per heavy atom. The number of carbonyl (C=O) groups is 1. The second kappa shape index (κ2) is 7.35. The number of amides is 1. The molecule has 26 heavy (non-hydrogen) atoms. The Morgan fingerprint density at radius 1 is 1.12 bits per heavy atom. The lowest BCUT2D eigenvalue weighted by molar-refractivity contribution is 0.0954. The molecule has 0 fully saturated rings. The minimum atomic E-state index is -0.0708. The fourth-order valence-electron chi connectivity index (χ4n) is 3.30. The highest BCUT2D eigenvalue weighted by molar-refractivity contribution is 5.94. The number of hydrogen-bond donors (Lipinski definition) is 1. The van der Waals surface area contributed by atoms with Crippen LogP contribution in [0.4, 0.5) is 5.69 Å². The summed E-state index contributed by atoms with van der Waals surface area (Å²) in [4.78, 5) is 14.7. The van der Waals surface area contributed by atoms with Crippen LogP contribution in [0, 0.1) is 0 Å². The van der Waals surface area contributed by atoms with E-state index in [1.54, 1.807) is 16.8 Å². The Morgan fingerprint density at radius 3 is 2.77 bits per heavy atom. The molecule has 132 valence electrons. The van der Waals surface area contributed by atoms with Crippen LogP contribution in [0.3, 0.4) is 0 Å². The summed E-state index contributed by atoms with van der Waals surface area (Å²) in [7, 11) is 0. The summed E-state index contributed by atoms with van der Waals surface area (Å²) in [5.74, 6) is -0.0708. The fourth-order valence-corrected chi connectivity index (χ4v) is 3.30. The highest BCUT2D eigenvalue weighted by Gasteiger charge is 2.16. The lowest BCUT2D eigenvalue weighted by Crippen LogP contribution is -2.37. The molecular formula is C19H20N6O. The largest absolute Gasteiger partial charge is 0.370 e. The van der Waals surface area contributed by atoms with Crippen molar-refractivity contribution in [2.45, 2.75) is 12.8 Å². The van der Waals surface area contributed by atoms with Crippen LogP contribution < -0.4 is 10.2 Å². The Bertz CT molecular complexity index is 875. The third kappa shape index (κ3) is 3.42. The van der Waals surface area contributed by atoms with Gasteiger partial charge in [-0.05, 0) is 59.2 Å². The molecule has 1 aliphatic heterocycles. The van der Waals surface area contributed by atoms with Gasteiger partial charge in [0.2, 0.25) is 0 Å². The van der Waals surface area contributed by atoms with E-state index in [0.29, 0.717) is 12.1 Å². The van der Waals surface area contributed by atoms with Crippen molar-refractivity contribution in [3.05, 3.63) is 66.0 Å². The van der Waals surface area contributed by atoms with E-state index in [4.69, 9.17) is 0 Å². The Labute approximate surface area is 151 Å². The van der Waals surface area contributed by atoms with E-state index < -0.39 is 0 Å². The van der Waals surface area contributed by atoms with Gasteiger partial charge in [0.05, 0.1) is 5.69 Å². The third-order valence-electron chi connectivity index (χ3n) is 4.62. The molecule has 1 aliphatic rings. The lowest BCUT2D eigenvalue weighted by Gasteiger charge is -2.31. The summed E-state index contributed by atoms with van der Waals surface area (Å²) < 4.78 is 1.55. The number of benzene rings is 2. The van der Waals surface area contributed by atoms with Gasteiger partial charge in [-0.1, -0.05) is 18.2 Å². The van der Waals surface area contributed by atoms with Crippen LogP contribution >= 0.6 is 0 Å². The monoisotopic (exact) mass is 348 g/mol. The maximum absolute atomic E-state index is 12.4. The van der Waals surface area contributed by atoms with Gasteiger partial charge in [0.15, 0.2) is 0 Å². The molecule has 7 heteroatoms. The average molecular weight is 348 g/mol. The number of tetrazole rings is 1. The average Bonchev–Trinajstić information content (AvgIpc) is 3.23. The van der Waals surface area contributed by atoms with E-state index in [-0.39, 0.29) is 5.91 Å². The molecule has 7 nitrogen and oxygen atoms in total. The van der Waals surface area contributed by atoms with Gasteiger partial charge in [-0.3, -0.25) is 4.79 Å². The number of anilines is 1. The standard InChI is InChI=1S/C19H20N6O/c26-19(16-7-9-17(10-8-16)25-14-21-22-23-25)20-11-13-24-12-3-5-15-4-1-2-6-18(15)24/h1-2,4,6-10,14H,3,5,11-13H2,(H,20,26). The second-order valence-corrected chi connectivity index (χ2v) is 6.28. The van der Waals surface area contributed by atoms with E-state index in [0.717, 1.165) is 31.6 Å². The Balaban J connectivity index is 1.33. The molecule has 0 unspecified atom stereocenters. The van der Waals surface area contributed by atoms with E-state index in [2.05, 4.69) is 50.0 Å². The Kier molecular flexibility index (Phi) is 4.59. The van der Waals surface area contributed by atoms with E-state index in [9.17, 15) is 4.79 Å². The van der Waals surface area contributed by atoms with Crippen molar-refractivity contribution in [1.82, 2.24) is 25.5 Å². The van der Waals surface area contributed by atoms with Crippen molar-refractivity contribution in [3.63, 3.8) is 0 Å². The SMILES string of the molecule is O=C(NCCN1CCCc2ccccc21)c1ccc(-n2cnnn2)cc1. The number of rotatable bonds is 5. The molecule has 3 aromatic rings. The summed E-state index contributed by atoms with van der Waals surface area (Å²) in [6, 6.07) is 15.7. The van der Waals surface area contributed by atoms with E-state index in [1.807, 2.05) is 12.1 Å². The highest BCUT2D eigenvalue weighted by atomic mass is 16.1. The van der Waals surface area contributed by atoms with E-state index in [1.165, 1.54) is 17.6 Å². The van der Waals surface area contributed by atoms with Crippen molar-refractivity contribution in [3.8, 4) is 5.69 Å².